The molecule has 1 saturated heterocycles. The summed E-state index contributed by atoms with van der Waals surface area (Å²) in [7, 11) is -1.13. The van der Waals surface area contributed by atoms with Gasteiger partial charge in [-0.3, -0.25) is 9.29 Å². The van der Waals surface area contributed by atoms with Gasteiger partial charge in [-0.15, -0.1) is 0 Å². The molecule has 1 aromatic carbocycles. The van der Waals surface area contributed by atoms with Gasteiger partial charge in [-0.05, 0) is 54.2 Å². The fourth-order valence-electron chi connectivity index (χ4n) is 3.46. The second kappa shape index (κ2) is 6.67. The first-order valence-electron chi connectivity index (χ1n) is 8.33. The molecule has 1 aliphatic heterocycles. The predicted octanol–water partition coefficient (Wildman–Crippen LogP) is 3.88. The molecule has 6 heteroatoms. The number of hydrogen-bond acceptors (Lipinski definition) is 2. The number of aromatic nitrogens is 1. The topological polar surface area (TPSA) is 33.2 Å². The van der Waals surface area contributed by atoms with Crippen LogP contribution in [0.1, 0.15) is 35.8 Å². The lowest BCUT2D eigenvalue weighted by molar-refractivity contribution is 0.420. The molecule has 1 aliphatic carbocycles. The highest BCUT2D eigenvalue weighted by molar-refractivity contribution is 7.82. The molecular formula is C19H18F2N2OS. The molecule has 3 nitrogen and oxygen atoms in total. The Morgan fingerprint density at radius 2 is 1.84 bits per heavy atom. The average molecular weight is 360 g/mol. The van der Waals surface area contributed by atoms with E-state index in [-0.39, 0.29) is 5.92 Å². The number of pyridine rings is 1. The molecule has 0 saturated carbocycles. The van der Waals surface area contributed by atoms with E-state index < -0.39 is 22.6 Å². The van der Waals surface area contributed by atoms with Crippen LogP contribution in [0.25, 0.3) is 0 Å². The van der Waals surface area contributed by atoms with Crippen molar-refractivity contribution in [2.24, 2.45) is 0 Å². The van der Waals surface area contributed by atoms with E-state index >= 15 is 0 Å². The molecule has 0 bridgehead atoms. The van der Waals surface area contributed by atoms with Gasteiger partial charge < -0.3 is 0 Å². The molecule has 0 N–H and O–H groups in total. The van der Waals surface area contributed by atoms with Crippen molar-refractivity contribution in [2.45, 2.75) is 24.7 Å². The number of nitrogens with zero attached hydrogens (tertiary/aromatic N) is 2. The van der Waals surface area contributed by atoms with Crippen LogP contribution in [-0.2, 0) is 11.0 Å². The molecule has 25 heavy (non-hydrogen) atoms. The summed E-state index contributed by atoms with van der Waals surface area (Å²) in [5, 5.41) is 0. The zero-order valence-electron chi connectivity index (χ0n) is 13.6. The highest BCUT2D eigenvalue weighted by Gasteiger charge is 2.33. The SMILES string of the molecule is O=S1CC(c2ccc(F)c(F)c2)CCN1C1=CC(c2ccncc2)C1. The zero-order valence-corrected chi connectivity index (χ0v) is 14.4. The van der Waals surface area contributed by atoms with Crippen LogP contribution in [0, 0.1) is 11.6 Å². The van der Waals surface area contributed by atoms with Crippen LogP contribution in [0.2, 0.25) is 0 Å². The predicted molar refractivity (Wildman–Crippen MR) is 93.1 cm³/mol. The molecule has 0 amide bonds. The number of benzene rings is 1. The second-order valence-corrected chi connectivity index (χ2v) is 7.92. The number of halogens is 2. The van der Waals surface area contributed by atoms with Gasteiger partial charge in [0.25, 0.3) is 0 Å². The molecule has 3 unspecified atom stereocenters. The fraction of sp³-hybridized carbons (Fsp3) is 0.316. The number of allylic oxidation sites excluding steroid dienone is 2. The third kappa shape index (κ3) is 3.23. The van der Waals surface area contributed by atoms with Gasteiger partial charge in [0.1, 0.15) is 11.0 Å². The maximum atomic E-state index is 13.4. The largest absolute Gasteiger partial charge is 0.296 e. The van der Waals surface area contributed by atoms with Crippen molar-refractivity contribution in [3.05, 3.63) is 77.3 Å². The summed E-state index contributed by atoms with van der Waals surface area (Å²) < 4.78 is 41.1. The van der Waals surface area contributed by atoms with Gasteiger partial charge in [-0.25, -0.2) is 13.0 Å². The zero-order chi connectivity index (χ0) is 17.4. The van der Waals surface area contributed by atoms with E-state index in [1.807, 2.05) is 16.4 Å². The van der Waals surface area contributed by atoms with Crippen molar-refractivity contribution in [1.82, 2.24) is 9.29 Å². The fourth-order valence-corrected chi connectivity index (χ4v) is 5.05. The van der Waals surface area contributed by atoms with Crippen LogP contribution in [0.4, 0.5) is 8.78 Å². The Hall–Kier alpha value is -2.08. The van der Waals surface area contributed by atoms with E-state index in [0.29, 0.717) is 18.2 Å². The Bertz CT molecular complexity index is 841. The lowest BCUT2D eigenvalue weighted by Crippen LogP contribution is -2.38. The van der Waals surface area contributed by atoms with Gasteiger partial charge in [-0.2, -0.15) is 0 Å². The van der Waals surface area contributed by atoms with E-state index in [1.54, 1.807) is 18.5 Å². The summed E-state index contributed by atoms with van der Waals surface area (Å²) in [5.74, 6) is -0.873. The van der Waals surface area contributed by atoms with Crippen LogP contribution in [0.3, 0.4) is 0 Å². The first-order valence-corrected chi connectivity index (χ1v) is 9.61. The second-order valence-electron chi connectivity index (χ2n) is 6.50. The highest BCUT2D eigenvalue weighted by atomic mass is 32.2. The van der Waals surface area contributed by atoms with Gasteiger partial charge in [-0.1, -0.05) is 12.1 Å². The molecule has 2 heterocycles. The smallest absolute Gasteiger partial charge is 0.159 e. The molecule has 0 radical (unpaired) electrons. The Morgan fingerprint density at radius 1 is 1.08 bits per heavy atom. The summed E-state index contributed by atoms with van der Waals surface area (Å²) in [4.78, 5) is 4.03. The number of rotatable bonds is 3. The molecule has 1 fully saturated rings. The van der Waals surface area contributed by atoms with E-state index in [1.165, 1.54) is 11.6 Å². The Kier molecular flexibility index (Phi) is 4.37. The maximum absolute atomic E-state index is 13.4. The Balaban J connectivity index is 1.42. The lowest BCUT2D eigenvalue weighted by Gasteiger charge is -2.39. The highest BCUT2D eigenvalue weighted by Crippen LogP contribution is 2.39. The van der Waals surface area contributed by atoms with Gasteiger partial charge in [0.2, 0.25) is 0 Å². The Morgan fingerprint density at radius 3 is 2.52 bits per heavy atom. The molecule has 0 spiro atoms. The summed E-state index contributed by atoms with van der Waals surface area (Å²) in [6.07, 6.45) is 7.39. The van der Waals surface area contributed by atoms with Crippen molar-refractivity contribution in [3.8, 4) is 0 Å². The third-order valence-electron chi connectivity index (χ3n) is 4.96. The van der Waals surface area contributed by atoms with Gasteiger partial charge >= 0.3 is 0 Å². The van der Waals surface area contributed by atoms with Crippen molar-refractivity contribution >= 4 is 11.0 Å². The van der Waals surface area contributed by atoms with E-state index in [2.05, 4.69) is 11.1 Å². The normalized spacial score (nSPS) is 26.1. The molecule has 4 rings (SSSR count). The summed E-state index contributed by atoms with van der Waals surface area (Å²) in [6.45, 7) is 0.672. The van der Waals surface area contributed by atoms with Crippen molar-refractivity contribution in [3.63, 3.8) is 0 Å². The van der Waals surface area contributed by atoms with Crippen LogP contribution in [-0.4, -0.2) is 25.8 Å². The minimum Gasteiger partial charge on any atom is -0.296 e. The molecule has 3 atom stereocenters. The Labute approximate surface area is 148 Å². The van der Waals surface area contributed by atoms with Gasteiger partial charge in [0.05, 0.1) is 5.75 Å². The van der Waals surface area contributed by atoms with Crippen LogP contribution in [0.5, 0.6) is 0 Å². The molecule has 2 aliphatic rings. The number of hydrogen-bond donors (Lipinski definition) is 0. The molecule has 2 aromatic rings. The van der Waals surface area contributed by atoms with Crippen molar-refractivity contribution in [2.75, 3.05) is 12.3 Å². The molecule has 1 aromatic heterocycles. The third-order valence-corrected chi connectivity index (χ3v) is 6.56. The molecular weight excluding hydrogens is 342 g/mol. The van der Waals surface area contributed by atoms with Crippen LogP contribution >= 0.6 is 0 Å². The van der Waals surface area contributed by atoms with E-state index in [4.69, 9.17) is 0 Å². The monoisotopic (exact) mass is 360 g/mol. The standard InChI is InChI=1S/C19H18F2N2OS/c20-18-2-1-14(11-19(18)21)15-5-8-23(25(24)12-15)17-9-16(10-17)13-3-6-22-7-4-13/h1-4,6-7,9,11,15-16H,5,8,10,12H2. The maximum Gasteiger partial charge on any atom is 0.159 e. The summed E-state index contributed by atoms with van der Waals surface area (Å²) in [5.41, 5.74) is 3.06. The molecule has 130 valence electrons. The van der Waals surface area contributed by atoms with Gasteiger partial charge in [0.15, 0.2) is 11.6 Å². The van der Waals surface area contributed by atoms with E-state index in [0.717, 1.165) is 30.2 Å². The summed E-state index contributed by atoms with van der Waals surface area (Å²) in [6, 6.07) is 7.98. The van der Waals surface area contributed by atoms with Crippen LogP contribution < -0.4 is 0 Å². The van der Waals surface area contributed by atoms with E-state index in [9.17, 15) is 13.0 Å². The minimum atomic E-state index is -1.13. The minimum absolute atomic E-state index is 0.00357. The lowest BCUT2D eigenvalue weighted by atomic mass is 9.85. The average Bonchev–Trinajstić information content (AvgIpc) is 2.58. The van der Waals surface area contributed by atoms with Crippen molar-refractivity contribution < 1.29 is 13.0 Å². The van der Waals surface area contributed by atoms with Crippen molar-refractivity contribution in [1.29, 1.82) is 0 Å². The van der Waals surface area contributed by atoms with Crippen LogP contribution in [0.15, 0.2) is 54.5 Å². The first kappa shape index (κ1) is 16.4. The summed E-state index contributed by atoms with van der Waals surface area (Å²) >= 11 is 0. The van der Waals surface area contributed by atoms with Gasteiger partial charge in [0, 0.05) is 30.6 Å². The first-order chi connectivity index (χ1) is 12.1. The quantitative estimate of drug-likeness (QED) is 0.832.